The summed E-state index contributed by atoms with van der Waals surface area (Å²) >= 11 is 0. The van der Waals surface area contributed by atoms with Gasteiger partial charge in [0.05, 0.1) is 6.54 Å². The normalized spacial score (nSPS) is 18.1. The Morgan fingerprint density at radius 2 is 2.50 bits per heavy atom. The molecule has 0 spiro atoms. The lowest BCUT2D eigenvalue weighted by molar-refractivity contribution is -0.142. The van der Waals surface area contributed by atoms with E-state index >= 15 is 0 Å². The van der Waals surface area contributed by atoms with E-state index in [4.69, 9.17) is 9.84 Å². The predicted molar refractivity (Wildman–Crippen MR) is 46.0 cm³/mol. The van der Waals surface area contributed by atoms with E-state index in [9.17, 15) is 9.59 Å². The quantitative estimate of drug-likeness (QED) is 0.676. The van der Waals surface area contributed by atoms with Gasteiger partial charge in [0.2, 0.25) is 0 Å². The van der Waals surface area contributed by atoms with Crippen molar-refractivity contribution in [1.82, 2.24) is 4.90 Å². The van der Waals surface area contributed by atoms with Gasteiger partial charge in [0, 0.05) is 20.1 Å². The Balaban J connectivity index is 2.57. The maximum absolute atomic E-state index is 11.1. The maximum Gasteiger partial charge on any atom is 0.410 e. The van der Waals surface area contributed by atoms with Crippen molar-refractivity contribution in [2.45, 2.75) is 12.5 Å². The zero-order valence-electron chi connectivity index (χ0n) is 7.93. The molecule has 1 saturated heterocycles. The number of hydrogen-bond acceptors (Lipinski definition) is 4. The highest BCUT2D eigenvalue weighted by atomic mass is 16.6. The van der Waals surface area contributed by atoms with Gasteiger partial charge in [-0.1, -0.05) is 0 Å². The molecule has 80 valence electrons. The van der Waals surface area contributed by atoms with Crippen molar-refractivity contribution in [3.63, 3.8) is 0 Å². The molecule has 6 nitrogen and oxygen atoms in total. The number of nitrogens with zero attached hydrogens (tertiary/aromatic N) is 1. The van der Waals surface area contributed by atoms with Crippen molar-refractivity contribution >= 4 is 12.1 Å². The molecular weight excluding hydrogens is 190 g/mol. The van der Waals surface area contributed by atoms with Crippen molar-refractivity contribution in [3.8, 4) is 0 Å². The van der Waals surface area contributed by atoms with Crippen molar-refractivity contribution in [2.24, 2.45) is 0 Å². The van der Waals surface area contributed by atoms with Crippen molar-refractivity contribution in [3.05, 3.63) is 0 Å². The third-order valence-electron chi connectivity index (χ3n) is 2.05. The average molecular weight is 203 g/mol. The minimum atomic E-state index is -1.03. The molecule has 0 saturated carbocycles. The van der Waals surface area contributed by atoms with Crippen LogP contribution in [0.5, 0.6) is 0 Å². The Labute approximate surface area is 81.4 Å². The first kappa shape index (κ1) is 10.8. The monoisotopic (exact) mass is 203 g/mol. The summed E-state index contributed by atoms with van der Waals surface area (Å²) in [4.78, 5) is 23.1. The van der Waals surface area contributed by atoms with Crippen LogP contribution in [0.15, 0.2) is 0 Å². The fourth-order valence-electron chi connectivity index (χ4n) is 1.33. The van der Waals surface area contributed by atoms with Gasteiger partial charge < -0.3 is 14.6 Å². The zero-order chi connectivity index (χ0) is 10.6. The highest BCUT2D eigenvalue weighted by Crippen LogP contribution is 2.12. The largest absolute Gasteiger partial charge is 0.480 e. The van der Waals surface area contributed by atoms with E-state index < -0.39 is 18.1 Å². The second kappa shape index (κ2) is 4.80. The van der Waals surface area contributed by atoms with Gasteiger partial charge in [-0.2, -0.15) is 0 Å². The number of carbonyl (C=O) groups excluding carboxylic acids is 1. The molecule has 14 heavy (non-hydrogen) atoms. The second-order valence-corrected chi connectivity index (χ2v) is 2.94. The van der Waals surface area contributed by atoms with Crippen molar-refractivity contribution in [2.75, 3.05) is 26.9 Å². The minimum absolute atomic E-state index is 0.260. The van der Waals surface area contributed by atoms with Gasteiger partial charge in [-0.15, -0.1) is 0 Å². The number of methoxy groups -OCH3 is 1. The van der Waals surface area contributed by atoms with Gasteiger partial charge in [-0.3, -0.25) is 4.90 Å². The summed E-state index contributed by atoms with van der Waals surface area (Å²) in [5, 5.41) is 8.87. The van der Waals surface area contributed by atoms with Crippen molar-refractivity contribution < 1.29 is 24.2 Å². The summed E-state index contributed by atoms with van der Waals surface area (Å²) in [6.07, 6.45) is -0.283. The molecule has 1 unspecified atom stereocenters. The van der Waals surface area contributed by atoms with Gasteiger partial charge in [0.1, 0.15) is 12.6 Å². The molecule has 1 aliphatic rings. The molecule has 1 rings (SSSR count). The smallest absolute Gasteiger partial charge is 0.410 e. The molecule has 0 bridgehead atoms. The van der Waals surface area contributed by atoms with Crippen LogP contribution in [0.3, 0.4) is 0 Å². The molecule has 1 atom stereocenters. The summed E-state index contributed by atoms with van der Waals surface area (Å²) in [5.41, 5.74) is 0. The number of rotatable bonds is 5. The highest BCUT2D eigenvalue weighted by Gasteiger charge is 2.33. The maximum atomic E-state index is 11.1. The number of aliphatic carboxylic acids is 1. The third-order valence-corrected chi connectivity index (χ3v) is 2.05. The van der Waals surface area contributed by atoms with Gasteiger partial charge in [-0.25, -0.2) is 9.59 Å². The molecule has 0 aromatic heterocycles. The molecule has 0 aromatic rings. The number of carbonyl (C=O) groups is 2. The van der Waals surface area contributed by atoms with Crippen molar-refractivity contribution in [1.29, 1.82) is 0 Å². The van der Waals surface area contributed by atoms with E-state index in [0.29, 0.717) is 13.2 Å². The van der Waals surface area contributed by atoms with Crippen LogP contribution in [0.2, 0.25) is 0 Å². The van der Waals surface area contributed by atoms with Crippen LogP contribution >= 0.6 is 0 Å². The molecule has 1 fully saturated rings. The van der Waals surface area contributed by atoms with E-state index in [1.165, 1.54) is 12.0 Å². The Bertz CT molecular complexity index is 230. The molecule has 0 aromatic carbocycles. The fourth-order valence-corrected chi connectivity index (χ4v) is 1.33. The summed E-state index contributed by atoms with van der Waals surface area (Å²) in [5.74, 6) is -1.03. The molecule has 1 aliphatic heterocycles. The number of cyclic esters (lactones) is 1. The van der Waals surface area contributed by atoms with Crippen LogP contribution in [0.25, 0.3) is 0 Å². The van der Waals surface area contributed by atoms with Gasteiger partial charge in [0.15, 0.2) is 0 Å². The van der Waals surface area contributed by atoms with Crippen LogP contribution in [0.4, 0.5) is 4.79 Å². The van der Waals surface area contributed by atoms with E-state index in [1.54, 1.807) is 0 Å². The summed E-state index contributed by atoms with van der Waals surface area (Å²) in [6, 6.07) is -0.843. The first-order valence-corrected chi connectivity index (χ1v) is 4.32. The number of ether oxygens (including phenoxy) is 2. The number of hydrogen-bond donors (Lipinski definition) is 1. The van der Waals surface area contributed by atoms with Gasteiger partial charge in [0.25, 0.3) is 0 Å². The molecular formula is C8H13NO5. The zero-order valence-corrected chi connectivity index (χ0v) is 7.93. The molecule has 6 heteroatoms. The third kappa shape index (κ3) is 2.35. The Morgan fingerprint density at radius 3 is 2.93 bits per heavy atom. The summed E-state index contributed by atoms with van der Waals surface area (Å²) in [7, 11) is 1.49. The van der Waals surface area contributed by atoms with E-state index in [1.807, 2.05) is 0 Å². The average Bonchev–Trinajstić information content (AvgIpc) is 2.52. The van der Waals surface area contributed by atoms with Crippen LogP contribution in [-0.2, 0) is 14.3 Å². The molecule has 1 heterocycles. The van der Waals surface area contributed by atoms with Crippen LogP contribution < -0.4 is 0 Å². The summed E-state index contributed by atoms with van der Waals surface area (Å²) in [6.45, 7) is 0.899. The van der Waals surface area contributed by atoms with E-state index in [2.05, 4.69) is 4.74 Å². The molecule has 0 radical (unpaired) electrons. The molecule has 1 amide bonds. The van der Waals surface area contributed by atoms with E-state index in [-0.39, 0.29) is 13.0 Å². The standard InChI is InChI=1S/C8H13NO5/c1-13-4-2-6(7(10)11)9-3-5-14-8(9)12/h6H,2-5H2,1H3,(H,10,11). The fraction of sp³-hybridized carbons (Fsp3) is 0.750. The Hall–Kier alpha value is -1.30. The van der Waals surface area contributed by atoms with Crippen LogP contribution in [-0.4, -0.2) is 55.0 Å². The van der Waals surface area contributed by atoms with Crippen LogP contribution in [0.1, 0.15) is 6.42 Å². The van der Waals surface area contributed by atoms with E-state index in [0.717, 1.165) is 0 Å². The number of carboxylic acids is 1. The number of amides is 1. The molecule has 0 aliphatic carbocycles. The second-order valence-electron chi connectivity index (χ2n) is 2.94. The number of carboxylic acid groups (broad SMARTS) is 1. The lowest BCUT2D eigenvalue weighted by Gasteiger charge is -2.20. The van der Waals surface area contributed by atoms with Crippen LogP contribution in [0, 0.1) is 0 Å². The minimum Gasteiger partial charge on any atom is -0.480 e. The van der Waals surface area contributed by atoms with Gasteiger partial charge in [-0.05, 0) is 0 Å². The predicted octanol–water partition coefficient (Wildman–Crippen LogP) is -0.0717. The SMILES string of the molecule is COCCC(C(=O)O)N1CCOC1=O. The Kier molecular flexibility index (Phi) is 3.70. The first-order chi connectivity index (χ1) is 6.66. The van der Waals surface area contributed by atoms with Gasteiger partial charge >= 0.3 is 12.1 Å². The topological polar surface area (TPSA) is 76.1 Å². The first-order valence-electron chi connectivity index (χ1n) is 4.32. The molecule has 1 N–H and O–H groups in total. The summed E-state index contributed by atoms with van der Waals surface area (Å²) < 4.78 is 9.43. The lowest BCUT2D eigenvalue weighted by atomic mass is 10.2. The highest BCUT2D eigenvalue weighted by molar-refractivity contribution is 5.80. The Morgan fingerprint density at radius 1 is 1.79 bits per heavy atom. The lowest BCUT2D eigenvalue weighted by Crippen LogP contribution is -2.42.